The van der Waals surface area contributed by atoms with E-state index < -0.39 is 17.9 Å². The van der Waals surface area contributed by atoms with Gasteiger partial charge in [0, 0.05) is 16.7 Å². The van der Waals surface area contributed by atoms with E-state index in [1.807, 2.05) is 0 Å². The molecule has 28 heavy (non-hydrogen) atoms. The zero-order chi connectivity index (χ0) is 23.1. The van der Waals surface area contributed by atoms with Crippen LogP contribution in [0, 0.1) is 0 Å². The minimum absolute atomic E-state index is 0.0417. The number of ether oxygens (including phenoxy) is 2. The number of aliphatic hydroxyl groups is 2. The average Bonchev–Trinajstić information content (AvgIpc) is 2.59. The highest BCUT2D eigenvalue weighted by Gasteiger charge is 1.91. The Bertz CT molecular complexity index is 382. The zero-order valence-corrected chi connectivity index (χ0v) is 16.6. The largest absolute Gasteiger partial charge is 0.478 e. The minimum Gasteiger partial charge on any atom is -0.478 e. The van der Waals surface area contributed by atoms with Gasteiger partial charge in [-0.25, -0.2) is 14.4 Å². The van der Waals surface area contributed by atoms with Crippen molar-refractivity contribution in [2.45, 2.75) is 20.8 Å². The third-order valence-corrected chi connectivity index (χ3v) is 1.94. The van der Waals surface area contributed by atoms with Crippen molar-refractivity contribution in [3.63, 3.8) is 0 Å². The van der Waals surface area contributed by atoms with Gasteiger partial charge in [0.25, 0.3) is 0 Å². The molecule has 0 aliphatic rings. The van der Waals surface area contributed by atoms with Crippen LogP contribution in [0.3, 0.4) is 0 Å². The molecule has 10 nitrogen and oxygen atoms in total. The van der Waals surface area contributed by atoms with Gasteiger partial charge >= 0.3 is 17.9 Å². The first-order chi connectivity index (χ1) is 12.8. The Hall–Kier alpha value is -2.53. The second kappa shape index (κ2) is 24.5. The molecule has 0 atom stereocenters. The fraction of sp³-hybridized carbons (Fsp3) is 0.500. The Morgan fingerprint density at radius 3 is 0.893 bits per heavy atom. The van der Waals surface area contributed by atoms with Crippen LogP contribution in [0.5, 0.6) is 0 Å². The number of carboxylic acid groups (broad SMARTS) is 3. The quantitative estimate of drug-likeness (QED) is 0.259. The fourth-order valence-corrected chi connectivity index (χ4v) is 0.451. The van der Waals surface area contributed by atoms with E-state index in [-0.39, 0.29) is 29.9 Å². The molecule has 164 valence electrons. The minimum atomic E-state index is -0.935. The van der Waals surface area contributed by atoms with Gasteiger partial charge in [0.1, 0.15) is 0 Å². The van der Waals surface area contributed by atoms with E-state index in [9.17, 15) is 14.4 Å². The van der Waals surface area contributed by atoms with Crippen LogP contribution < -0.4 is 0 Å². The number of hydrogen-bond acceptors (Lipinski definition) is 7. The smallest absolute Gasteiger partial charge is 0.330 e. The van der Waals surface area contributed by atoms with E-state index >= 15 is 0 Å². The molecule has 0 bridgehead atoms. The number of rotatable bonds is 10. The van der Waals surface area contributed by atoms with Crippen molar-refractivity contribution in [2.24, 2.45) is 0 Å². The van der Waals surface area contributed by atoms with Crippen LogP contribution in [0.15, 0.2) is 36.5 Å². The lowest BCUT2D eigenvalue weighted by atomic mass is 10.4. The third kappa shape index (κ3) is 43.7. The van der Waals surface area contributed by atoms with Crippen LogP contribution >= 0.6 is 0 Å². The van der Waals surface area contributed by atoms with Crippen LogP contribution in [0.2, 0.25) is 0 Å². The van der Waals surface area contributed by atoms with Gasteiger partial charge in [0.2, 0.25) is 0 Å². The summed E-state index contributed by atoms with van der Waals surface area (Å²) in [5, 5.41) is 40.2. The highest BCUT2D eigenvalue weighted by atomic mass is 16.5. The molecular weight excluding hydrogens is 376 g/mol. The van der Waals surface area contributed by atoms with Crippen molar-refractivity contribution in [1.29, 1.82) is 0 Å². The molecule has 0 aromatic rings. The Morgan fingerprint density at radius 2 is 0.786 bits per heavy atom. The van der Waals surface area contributed by atoms with Crippen LogP contribution in [0.25, 0.3) is 0 Å². The number of carboxylic acids is 3. The van der Waals surface area contributed by atoms with Crippen molar-refractivity contribution in [2.75, 3.05) is 39.6 Å². The molecule has 0 rings (SSSR count). The topological polar surface area (TPSA) is 171 Å². The molecule has 10 heteroatoms. The van der Waals surface area contributed by atoms with E-state index in [1.165, 1.54) is 20.8 Å². The van der Waals surface area contributed by atoms with Gasteiger partial charge in [0.05, 0.1) is 39.6 Å². The van der Waals surface area contributed by atoms with Crippen LogP contribution in [0.4, 0.5) is 0 Å². The summed E-state index contributed by atoms with van der Waals surface area (Å²) >= 11 is 0. The van der Waals surface area contributed by atoms with Crippen molar-refractivity contribution < 1.29 is 49.4 Å². The summed E-state index contributed by atoms with van der Waals surface area (Å²) in [7, 11) is 0. The first-order valence-corrected chi connectivity index (χ1v) is 7.88. The molecule has 0 radical (unpaired) electrons. The molecule has 0 saturated carbocycles. The lowest BCUT2D eigenvalue weighted by Gasteiger charge is -2.01. The summed E-state index contributed by atoms with van der Waals surface area (Å²) in [5.74, 6) is -2.81. The maximum absolute atomic E-state index is 9.60. The predicted octanol–water partition coefficient (Wildman–Crippen LogP) is 0.946. The van der Waals surface area contributed by atoms with Crippen molar-refractivity contribution >= 4 is 17.9 Å². The van der Waals surface area contributed by atoms with Gasteiger partial charge in [-0.3, -0.25) is 0 Å². The Balaban J connectivity index is -0.000000142. The Morgan fingerprint density at radius 1 is 0.607 bits per heavy atom. The summed E-state index contributed by atoms with van der Waals surface area (Å²) in [4.78, 5) is 28.8. The number of aliphatic carboxylic acids is 3. The second-order valence-corrected chi connectivity index (χ2v) is 4.93. The lowest BCUT2D eigenvalue weighted by Crippen LogP contribution is -2.09. The predicted molar refractivity (Wildman–Crippen MR) is 103 cm³/mol. The van der Waals surface area contributed by atoms with Crippen LogP contribution in [-0.4, -0.2) is 83.1 Å². The van der Waals surface area contributed by atoms with Gasteiger partial charge in [-0.05, 0) is 20.8 Å². The Kier molecular flexibility index (Phi) is 28.9. The summed E-state index contributed by atoms with van der Waals surface area (Å²) in [6, 6.07) is 0. The van der Waals surface area contributed by atoms with E-state index in [2.05, 4.69) is 19.7 Å². The number of aliphatic hydroxyl groups excluding tert-OH is 2. The van der Waals surface area contributed by atoms with E-state index in [0.717, 1.165) is 0 Å². The molecule has 0 aliphatic carbocycles. The summed E-state index contributed by atoms with van der Waals surface area (Å²) in [5.41, 5.74) is 0.528. The molecule has 0 aromatic heterocycles. The van der Waals surface area contributed by atoms with Gasteiger partial charge in [-0.1, -0.05) is 19.7 Å². The molecule has 0 aliphatic heterocycles. The first-order valence-electron chi connectivity index (χ1n) is 7.88. The molecule has 5 N–H and O–H groups in total. The fourth-order valence-electron chi connectivity index (χ4n) is 0.451. The molecular formula is C18H32O10. The van der Waals surface area contributed by atoms with Crippen molar-refractivity contribution in [3.05, 3.63) is 36.5 Å². The third-order valence-electron chi connectivity index (χ3n) is 1.94. The normalized spacial score (nSPS) is 8.46. The van der Waals surface area contributed by atoms with Crippen LogP contribution in [0.1, 0.15) is 20.8 Å². The van der Waals surface area contributed by atoms with E-state index in [0.29, 0.717) is 26.4 Å². The molecule has 0 aromatic carbocycles. The number of hydrogen-bond donors (Lipinski definition) is 5. The second-order valence-electron chi connectivity index (χ2n) is 4.93. The number of carbonyl (C=O) groups is 3. The molecule has 0 heterocycles. The zero-order valence-electron chi connectivity index (χ0n) is 16.6. The summed E-state index contributed by atoms with van der Waals surface area (Å²) in [6.07, 6.45) is 0. The van der Waals surface area contributed by atoms with Gasteiger partial charge < -0.3 is 35.0 Å². The van der Waals surface area contributed by atoms with Crippen molar-refractivity contribution in [3.8, 4) is 0 Å². The lowest BCUT2D eigenvalue weighted by molar-refractivity contribution is -0.133. The van der Waals surface area contributed by atoms with Gasteiger partial charge in [-0.15, -0.1) is 0 Å². The van der Waals surface area contributed by atoms with Gasteiger partial charge in [-0.2, -0.15) is 0 Å². The standard InChI is InChI=1S/C6H14O4.3C4H6O2/c7-1-3-9-5-6-10-4-2-8;3*1-3(2)4(5)6/h7-8H,1-6H2;3*1H2,2H3,(H,5,6). The maximum atomic E-state index is 9.60. The summed E-state index contributed by atoms with van der Waals surface area (Å²) < 4.78 is 9.75. The molecule has 0 saturated heterocycles. The van der Waals surface area contributed by atoms with Gasteiger partial charge in [0.15, 0.2) is 0 Å². The first kappa shape index (κ1) is 33.1. The Labute approximate surface area is 165 Å². The summed E-state index contributed by atoms with van der Waals surface area (Å²) in [6.45, 7) is 15.5. The monoisotopic (exact) mass is 408 g/mol. The average molecular weight is 408 g/mol. The molecule has 0 unspecified atom stereocenters. The molecule has 0 amide bonds. The SMILES string of the molecule is C=C(C)C(=O)O.C=C(C)C(=O)O.C=C(C)C(=O)O.OCCOCCOCCO. The van der Waals surface area contributed by atoms with E-state index in [1.54, 1.807) is 0 Å². The van der Waals surface area contributed by atoms with E-state index in [4.69, 9.17) is 35.0 Å². The van der Waals surface area contributed by atoms with Crippen molar-refractivity contribution in [1.82, 2.24) is 0 Å². The molecule has 0 fully saturated rings. The maximum Gasteiger partial charge on any atom is 0.330 e. The molecule has 0 spiro atoms. The highest BCUT2D eigenvalue weighted by molar-refractivity contribution is 5.85. The van der Waals surface area contributed by atoms with Crippen LogP contribution in [-0.2, 0) is 23.9 Å². The highest BCUT2D eigenvalue weighted by Crippen LogP contribution is 1.82.